The van der Waals surface area contributed by atoms with Gasteiger partial charge >= 0.3 is 5.97 Å². The summed E-state index contributed by atoms with van der Waals surface area (Å²) in [5.74, 6) is -0.761. The van der Waals surface area contributed by atoms with Gasteiger partial charge in [-0.2, -0.15) is 0 Å². The molecule has 122 valence electrons. The van der Waals surface area contributed by atoms with Gasteiger partial charge < -0.3 is 10.1 Å². The second-order valence-electron chi connectivity index (χ2n) is 4.89. The second kappa shape index (κ2) is 6.80. The van der Waals surface area contributed by atoms with Crippen LogP contribution in [0.4, 0.5) is 15.9 Å². The van der Waals surface area contributed by atoms with E-state index in [-0.39, 0.29) is 17.5 Å². The summed E-state index contributed by atoms with van der Waals surface area (Å²) in [4.78, 5) is 20.4. The van der Waals surface area contributed by atoms with Gasteiger partial charge in [0.1, 0.15) is 11.6 Å². The Labute approximate surface area is 142 Å². The zero-order valence-corrected chi connectivity index (χ0v) is 13.5. The van der Waals surface area contributed by atoms with Gasteiger partial charge in [-0.15, -0.1) is 0 Å². The molecule has 7 heteroatoms. The Morgan fingerprint density at radius 1 is 1.25 bits per heavy atom. The predicted molar refractivity (Wildman–Crippen MR) is 90.2 cm³/mol. The number of esters is 1. The van der Waals surface area contributed by atoms with Gasteiger partial charge in [-0.05, 0) is 37.3 Å². The van der Waals surface area contributed by atoms with Crippen molar-refractivity contribution in [2.24, 2.45) is 0 Å². The number of aromatic nitrogens is 2. The highest BCUT2D eigenvalue weighted by Gasteiger charge is 2.15. The zero-order valence-electron chi connectivity index (χ0n) is 12.7. The Morgan fingerprint density at radius 3 is 2.79 bits per heavy atom. The van der Waals surface area contributed by atoms with Crippen LogP contribution < -0.4 is 5.32 Å². The minimum Gasteiger partial charge on any atom is -0.460 e. The topological polar surface area (TPSA) is 64.1 Å². The van der Waals surface area contributed by atoms with Gasteiger partial charge in [0.05, 0.1) is 17.1 Å². The molecule has 0 unspecified atom stereocenters. The number of nitrogens with one attached hydrogen (secondary N) is 1. The maximum absolute atomic E-state index is 13.3. The molecule has 2 aromatic carbocycles. The van der Waals surface area contributed by atoms with Crippen molar-refractivity contribution in [2.75, 3.05) is 11.9 Å². The van der Waals surface area contributed by atoms with Gasteiger partial charge in [0, 0.05) is 11.1 Å². The zero-order chi connectivity index (χ0) is 17.1. The van der Waals surface area contributed by atoms with Gasteiger partial charge in [0.25, 0.3) is 0 Å². The molecule has 3 aromatic rings. The number of halogens is 2. The third-order valence-corrected chi connectivity index (χ3v) is 3.53. The van der Waals surface area contributed by atoms with E-state index in [1.165, 1.54) is 18.2 Å². The molecule has 0 aliphatic heterocycles. The van der Waals surface area contributed by atoms with Gasteiger partial charge in [0.2, 0.25) is 5.82 Å². The third-order valence-electron chi connectivity index (χ3n) is 3.24. The first kappa shape index (κ1) is 16.1. The van der Waals surface area contributed by atoms with Crippen molar-refractivity contribution in [1.29, 1.82) is 0 Å². The Morgan fingerprint density at radius 2 is 2.04 bits per heavy atom. The van der Waals surface area contributed by atoms with Crippen molar-refractivity contribution < 1.29 is 13.9 Å². The molecular formula is C17H13ClFN3O2. The third kappa shape index (κ3) is 3.28. The minimum absolute atomic E-state index is 0.0102. The standard InChI is InChI=1S/C17H13ClFN3O2/c1-2-24-17(23)16-21-14-6-4-3-5-11(14)15(22-16)20-10-7-8-13(19)12(18)9-10/h3-9H,2H2,1H3,(H,20,21,22). The molecule has 0 aliphatic carbocycles. The van der Waals surface area contributed by atoms with Gasteiger partial charge in [-0.25, -0.2) is 19.2 Å². The quantitative estimate of drug-likeness (QED) is 0.712. The summed E-state index contributed by atoms with van der Waals surface area (Å²) in [6.45, 7) is 1.93. The van der Waals surface area contributed by atoms with Crippen LogP contribution in [0.2, 0.25) is 5.02 Å². The summed E-state index contributed by atoms with van der Waals surface area (Å²) in [5.41, 5.74) is 1.13. The van der Waals surface area contributed by atoms with Crippen LogP contribution in [0.5, 0.6) is 0 Å². The normalized spacial score (nSPS) is 10.6. The number of hydrogen-bond acceptors (Lipinski definition) is 5. The molecule has 0 spiro atoms. The highest BCUT2D eigenvalue weighted by Crippen LogP contribution is 2.26. The second-order valence-corrected chi connectivity index (χ2v) is 5.29. The molecule has 0 aliphatic rings. The summed E-state index contributed by atoms with van der Waals surface area (Å²) < 4.78 is 18.3. The van der Waals surface area contributed by atoms with E-state index >= 15 is 0 Å². The Kier molecular flexibility index (Phi) is 4.57. The molecule has 24 heavy (non-hydrogen) atoms. The molecule has 0 radical (unpaired) electrons. The fraction of sp³-hybridized carbons (Fsp3) is 0.118. The molecule has 0 bridgehead atoms. The lowest BCUT2D eigenvalue weighted by Crippen LogP contribution is -2.11. The number of carbonyl (C=O) groups is 1. The van der Waals surface area contributed by atoms with Gasteiger partial charge in [-0.3, -0.25) is 0 Å². The van der Waals surface area contributed by atoms with Crippen molar-refractivity contribution in [3.05, 3.63) is 59.1 Å². The SMILES string of the molecule is CCOC(=O)c1nc(Nc2ccc(F)c(Cl)c2)c2ccccc2n1. The maximum Gasteiger partial charge on any atom is 0.376 e. The Bertz CT molecular complexity index is 917. The Balaban J connectivity index is 2.07. The fourth-order valence-electron chi connectivity index (χ4n) is 2.17. The van der Waals surface area contributed by atoms with Crippen LogP contribution in [0.3, 0.4) is 0 Å². The molecule has 5 nitrogen and oxygen atoms in total. The monoisotopic (exact) mass is 345 g/mol. The number of rotatable bonds is 4. The number of ether oxygens (including phenoxy) is 1. The number of para-hydroxylation sites is 1. The molecule has 1 N–H and O–H groups in total. The van der Waals surface area contributed by atoms with E-state index in [4.69, 9.17) is 16.3 Å². The van der Waals surface area contributed by atoms with E-state index in [0.717, 1.165) is 0 Å². The van der Waals surface area contributed by atoms with Crippen molar-refractivity contribution >= 4 is 40.0 Å². The van der Waals surface area contributed by atoms with Crippen LogP contribution in [0.1, 0.15) is 17.5 Å². The molecule has 3 rings (SSSR count). The van der Waals surface area contributed by atoms with Crippen LogP contribution in [0.25, 0.3) is 10.9 Å². The minimum atomic E-state index is -0.608. The van der Waals surface area contributed by atoms with Crippen molar-refractivity contribution in [1.82, 2.24) is 9.97 Å². The number of fused-ring (bicyclic) bond motifs is 1. The summed E-state index contributed by atoms with van der Waals surface area (Å²) in [7, 11) is 0. The molecule has 1 heterocycles. The van der Waals surface area contributed by atoms with Crippen LogP contribution >= 0.6 is 11.6 Å². The fourth-order valence-corrected chi connectivity index (χ4v) is 2.35. The highest BCUT2D eigenvalue weighted by molar-refractivity contribution is 6.31. The lowest BCUT2D eigenvalue weighted by atomic mass is 10.2. The lowest BCUT2D eigenvalue weighted by Gasteiger charge is -2.11. The van der Waals surface area contributed by atoms with Crippen LogP contribution in [-0.2, 0) is 4.74 Å². The average molecular weight is 346 g/mol. The predicted octanol–water partition coefficient (Wildman–Crippen LogP) is 4.34. The first-order valence-corrected chi connectivity index (χ1v) is 7.62. The van der Waals surface area contributed by atoms with Crippen LogP contribution in [-0.4, -0.2) is 22.5 Å². The lowest BCUT2D eigenvalue weighted by molar-refractivity contribution is 0.0512. The van der Waals surface area contributed by atoms with Crippen molar-refractivity contribution in [2.45, 2.75) is 6.92 Å². The number of anilines is 2. The van der Waals surface area contributed by atoms with Gasteiger partial charge in [-0.1, -0.05) is 23.7 Å². The number of nitrogens with zero attached hydrogens (tertiary/aromatic N) is 2. The van der Waals surface area contributed by atoms with Crippen LogP contribution in [0.15, 0.2) is 42.5 Å². The van der Waals surface area contributed by atoms with Crippen molar-refractivity contribution in [3.8, 4) is 0 Å². The summed E-state index contributed by atoms with van der Waals surface area (Å²) in [6, 6.07) is 11.4. The molecular weight excluding hydrogens is 333 g/mol. The van der Waals surface area contributed by atoms with E-state index in [2.05, 4.69) is 15.3 Å². The van der Waals surface area contributed by atoms with E-state index in [9.17, 15) is 9.18 Å². The number of hydrogen-bond donors (Lipinski definition) is 1. The largest absolute Gasteiger partial charge is 0.460 e. The first-order chi connectivity index (χ1) is 11.6. The van der Waals surface area contributed by atoms with Crippen molar-refractivity contribution in [3.63, 3.8) is 0 Å². The maximum atomic E-state index is 13.3. The molecule has 0 saturated carbocycles. The molecule has 0 saturated heterocycles. The summed E-state index contributed by atoms with van der Waals surface area (Å²) in [5, 5.41) is 3.75. The summed E-state index contributed by atoms with van der Waals surface area (Å²) >= 11 is 5.80. The van der Waals surface area contributed by atoms with Crippen LogP contribution in [0, 0.1) is 5.82 Å². The summed E-state index contributed by atoms with van der Waals surface area (Å²) in [6.07, 6.45) is 0. The number of benzene rings is 2. The molecule has 0 amide bonds. The molecule has 0 fully saturated rings. The molecule has 0 atom stereocenters. The average Bonchev–Trinajstić information content (AvgIpc) is 2.58. The first-order valence-electron chi connectivity index (χ1n) is 7.24. The molecule has 1 aromatic heterocycles. The van der Waals surface area contributed by atoms with E-state index in [0.29, 0.717) is 22.4 Å². The van der Waals surface area contributed by atoms with E-state index in [1.54, 1.807) is 13.0 Å². The highest BCUT2D eigenvalue weighted by atomic mass is 35.5. The van der Waals surface area contributed by atoms with E-state index < -0.39 is 11.8 Å². The van der Waals surface area contributed by atoms with Gasteiger partial charge in [0.15, 0.2) is 0 Å². The van der Waals surface area contributed by atoms with E-state index in [1.807, 2.05) is 18.2 Å². The Hall–Kier alpha value is -2.73. The number of carbonyl (C=O) groups excluding carboxylic acids is 1. The smallest absolute Gasteiger partial charge is 0.376 e.